The summed E-state index contributed by atoms with van der Waals surface area (Å²) in [7, 11) is 0. The van der Waals surface area contributed by atoms with E-state index < -0.39 is 5.25 Å². The lowest BCUT2D eigenvalue weighted by Crippen LogP contribution is -2.50. The Labute approximate surface area is 169 Å². The molecule has 3 aliphatic rings. The average molecular weight is 402 g/mol. The maximum atomic E-state index is 12.9. The molecule has 4 rings (SSSR count). The van der Waals surface area contributed by atoms with Gasteiger partial charge in [-0.05, 0) is 37.8 Å². The summed E-state index contributed by atoms with van der Waals surface area (Å²) in [5.41, 5.74) is 0.764. The highest BCUT2D eigenvalue weighted by atomic mass is 32.2. The smallest absolute Gasteiger partial charge is 0.247 e. The lowest BCUT2D eigenvalue weighted by Gasteiger charge is -2.35. The van der Waals surface area contributed by atoms with Crippen LogP contribution in [0.4, 0.5) is 5.69 Å². The van der Waals surface area contributed by atoms with Gasteiger partial charge in [0.2, 0.25) is 17.7 Å². The number of piperidine rings is 1. The minimum absolute atomic E-state index is 0.0282. The van der Waals surface area contributed by atoms with Crippen LogP contribution in [0.1, 0.15) is 44.9 Å². The van der Waals surface area contributed by atoms with Gasteiger partial charge in [-0.25, -0.2) is 0 Å². The number of para-hydroxylation sites is 1. The molecule has 2 heterocycles. The Balaban J connectivity index is 1.30. The first-order valence-corrected chi connectivity index (χ1v) is 11.2. The van der Waals surface area contributed by atoms with E-state index >= 15 is 0 Å². The number of nitrogens with one attached hydrogen (secondary N) is 2. The summed E-state index contributed by atoms with van der Waals surface area (Å²) in [5, 5.41) is 5.29. The molecule has 1 aromatic carbocycles. The van der Waals surface area contributed by atoms with Crippen molar-refractivity contribution in [2.45, 2.75) is 61.1 Å². The molecule has 6 nitrogen and oxygen atoms in total. The van der Waals surface area contributed by atoms with Gasteiger partial charge in [0.25, 0.3) is 0 Å². The summed E-state index contributed by atoms with van der Waals surface area (Å²) in [6.07, 6.45) is 7.16. The highest BCUT2D eigenvalue weighted by molar-refractivity contribution is 8.01. The van der Waals surface area contributed by atoms with E-state index in [-0.39, 0.29) is 23.6 Å². The third-order valence-corrected chi connectivity index (χ3v) is 7.24. The zero-order chi connectivity index (χ0) is 19.5. The van der Waals surface area contributed by atoms with Crippen LogP contribution in [0.25, 0.3) is 0 Å². The molecular formula is C21H27N3O3S. The Hall–Kier alpha value is -2.02. The van der Waals surface area contributed by atoms with Crippen molar-refractivity contribution in [2.75, 3.05) is 18.4 Å². The van der Waals surface area contributed by atoms with Gasteiger partial charge in [0.05, 0.1) is 5.69 Å². The minimum Gasteiger partial charge on any atom is -0.353 e. The summed E-state index contributed by atoms with van der Waals surface area (Å²) in [4.78, 5) is 40.5. The molecule has 2 aliphatic heterocycles. The summed E-state index contributed by atoms with van der Waals surface area (Å²) in [6, 6.07) is 7.86. The number of hydrogen-bond acceptors (Lipinski definition) is 4. The molecule has 28 heavy (non-hydrogen) atoms. The first-order valence-electron chi connectivity index (χ1n) is 10.3. The van der Waals surface area contributed by atoms with Gasteiger partial charge in [-0.15, -0.1) is 11.8 Å². The van der Waals surface area contributed by atoms with Crippen LogP contribution < -0.4 is 10.6 Å². The molecule has 1 saturated heterocycles. The molecule has 3 amide bonds. The molecule has 0 aromatic heterocycles. The molecule has 150 valence electrons. The lowest BCUT2D eigenvalue weighted by molar-refractivity contribution is -0.137. The molecule has 1 aliphatic carbocycles. The standard InChI is InChI=1S/C21H27N3O3S/c25-19(22-15-6-2-1-3-7-15)14-10-12-24(13-11-14)21(27)18-20(26)23-16-8-4-5-9-17(16)28-18/h4-5,8-9,14-15,18H,1-3,6-7,10-13H2,(H,22,25)(H,23,26). The fraction of sp³-hybridized carbons (Fsp3) is 0.571. The second-order valence-electron chi connectivity index (χ2n) is 7.93. The van der Waals surface area contributed by atoms with E-state index in [0.29, 0.717) is 32.0 Å². The van der Waals surface area contributed by atoms with E-state index in [1.54, 1.807) is 4.90 Å². The first kappa shape index (κ1) is 19.3. The van der Waals surface area contributed by atoms with Gasteiger partial charge in [-0.3, -0.25) is 14.4 Å². The van der Waals surface area contributed by atoms with E-state index in [0.717, 1.165) is 23.4 Å². The highest BCUT2D eigenvalue weighted by Crippen LogP contribution is 2.36. The number of benzene rings is 1. The molecule has 2 N–H and O–H groups in total. The molecule has 0 bridgehead atoms. The molecule has 2 fully saturated rings. The van der Waals surface area contributed by atoms with Crippen molar-refractivity contribution in [3.8, 4) is 0 Å². The topological polar surface area (TPSA) is 78.5 Å². The quantitative estimate of drug-likeness (QED) is 0.764. The van der Waals surface area contributed by atoms with Crippen molar-refractivity contribution in [1.82, 2.24) is 10.2 Å². The second-order valence-corrected chi connectivity index (χ2v) is 9.07. The zero-order valence-electron chi connectivity index (χ0n) is 16.0. The van der Waals surface area contributed by atoms with E-state index in [4.69, 9.17) is 0 Å². The van der Waals surface area contributed by atoms with Gasteiger partial charge in [0, 0.05) is 29.9 Å². The van der Waals surface area contributed by atoms with Gasteiger partial charge in [-0.1, -0.05) is 31.4 Å². The zero-order valence-corrected chi connectivity index (χ0v) is 16.8. The van der Waals surface area contributed by atoms with Crippen LogP contribution in [0.5, 0.6) is 0 Å². The molecule has 1 unspecified atom stereocenters. The fourth-order valence-electron chi connectivity index (χ4n) is 4.31. The Morgan fingerprint density at radius 3 is 2.50 bits per heavy atom. The van der Waals surface area contributed by atoms with Crippen LogP contribution in [0.15, 0.2) is 29.2 Å². The van der Waals surface area contributed by atoms with Crippen LogP contribution in [-0.2, 0) is 14.4 Å². The minimum atomic E-state index is -0.748. The van der Waals surface area contributed by atoms with E-state index in [1.165, 1.54) is 31.0 Å². The monoisotopic (exact) mass is 401 g/mol. The number of nitrogens with zero attached hydrogens (tertiary/aromatic N) is 1. The predicted octanol–water partition coefficient (Wildman–Crippen LogP) is 2.79. The van der Waals surface area contributed by atoms with Crippen LogP contribution in [0, 0.1) is 5.92 Å². The van der Waals surface area contributed by atoms with Crippen LogP contribution in [-0.4, -0.2) is 47.0 Å². The lowest BCUT2D eigenvalue weighted by atomic mass is 9.92. The fourth-order valence-corrected chi connectivity index (χ4v) is 5.38. The maximum absolute atomic E-state index is 12.9. The number of hydrogen-bond donors (Lipinski definition) is 2. The van der Waals surface area contributed by atoms with Gasteiger partial charge in [-0.2, -0.15) is 0 Å². The van der Waals surface area contributed by atoms with Crippen molar-refractivity contribution < 1.29 is 14.4 Å². The van der Waals surface area contributed by atoms with Crippen LogP contribution >= 0.6 is 11.8 Å². The number of thioether (sulfide) groups is 1. The predicted molar refractivity (Wildman–Crippen MR) is 109 cm³/mol. The van der Waals surface area contributed by atoms with Crippen molar-refractivity contribution in [3.05, 3.63) is 24.3 Å². The van der Waals surface area contributed by atoms with Crippen LogP contribution in [0.3, 0.4) is 0 Å². The third-order valence-electron chi connectivity index (χ3n) is 5.98. The second kappa shape index (κ2) is 8.55. The van der Waals surface area contributed by atoms with Crippen LogP contribution in [0.2, 0.25) is 0 Å². The molecule has 1 saturated carbocycles. The van der Waals surface area contributed by atoms with Crippen molar-refractivity contribution in [1.29, 1.82) is 0 Å². The highest BCUT2D eigenvalue weighted by Gasteiger charge is 2.37. The number of rotatable bonds is 3. The van der Waals surface area contributed by atoms with Crippen molar-refractivity contribution in [3.63, 3.8) is 0 Å². The molecular weight excluding hydrogens is 374 g/mol. The SMILES string of the molecule is O=C(NC1CCCCC1)C1CCN(C(=O)C2Sc3ccccc3NC2=O)CC1. The molecule has 0 spiro atoms. The van der Waals surface area contributed by atoms with Crippen molar-refractivity contribution >= 4 is 35.2 Å². The average Bonchev–Trinajstić information content (AvgIpc) is 2.73. The third kappa shape index (κ3) is 4.19. The van der Waals surface area contributed by atoms with E-state index in [1.807, 2.05) is 24.3 Å². The van der Waals surface area contributed by atoms with Gasteiger partial charge < -0.3 is 15.5 Å². The Bertz CT molecular complexity index is 755. The normalized spacial score (nSPS) is 23.6. The number of amides is 3. The molecule has 7 heteroatoms. The Morgan fingerprint density at radius 2 is 1.75 bits per heavy atom. The molecule has 1 atom stereocenters. The van der Waals surface area contributed by atoms with E-state index in [2.05, 4.69) is 10.6 Å². The summed E-state index contributed by atoms with van der Waals surface area (Å²) in [6.45, 7) is 1.07. The number of carbonyl (C=O) groups excluding carboxylic acids is 3. The van der Waals surface area contributed by atoms with Gasteiger partial charge >= 0.3 is 0 Å². The van der Waals surface area contributed by atoms with Gasteiger partial charge in [0.1, 0.15) is 0 Å². The summed E-state index contributed by atoms with van der Waals surface area (Å²) < 4.78 is 0. The number of carbonyl (C=O) groups is 3. The van der Waals surface area contributed by atoms with E-state index in [9.17, 15) is 14.4 Å². The van der Waals surface area contributed by atoms with Crippen molar-refractivity contribution in [2.24, 2.45) is 5.92 Å². The first-order chi connectivity index (χ1) is 13.6. The Kier molecular flexibility index (Phi) is 5.90. The Morgan fingerprint density at radius 1 is 1.04 bits per heavy atom. The number of anilines is 1. The van der Waals surface area contributed by atoms with Gasteiger partial charge in [0.15, 0.2) is 5.25 Å². The largest absolute Gasteiger partial charge is 0.353 e. The summed E-state index contributed by atoms with van der Waals surface area (Å²) in [5.74, 6) is -0.300. The molecule has 0 radical (unpaired) electrons. The number of likely N-dealkylation sites (tertiary alicyclic amines) is 1. The maximum Gasteiger partial charge on any atom is 0.247 e. The summed E-state index contributed by atoms with van der Waals surface area (Å²) >= 11 is 1.31. The number of fused-ring (bicyclic) bond motifs is 1. The molecule has 1 aromatic rings.